The molecule has 1 heterocycles. The highest BCUT2D eigenvalue weighted by Crippen LogP contribution is 2.40. The molecular formula is C8H8ClFN2O2. The van der Waals surface area contributed by atoms with Crippen LogP contribution in [0.4, 0.5) is 4.39 Å². The zero-order valence-electron chi connectivity index (χ0n) is 7.43. The van der Waals surface area contributed by atoms with Gasteiger partial charge in [0.2, 0.25) is 5.82 Å². The van der Waals surface area contributed by atoms with Crippen LogP contribution in [0.5, 0.6) is 0 Å². The third kappa shape index (κ3) is 1.19. The topological polar surface area (TPSA) is 54.9 Å². The first-order valence-corrected chi connectivity index (χ1v) is 4.54. The largest absolute Gasteiger partial charge is 0.330 e. The van der Waals surface area contributed by atoms with Gasteiger partial charge in [0.1, 0.15) is 0 Å². The number of hydrogen-bond donors (Lipinski definition) is 1. The molecular weight excluding hydrogens is 211 g/mol. The van der Waals surface area contributed by atoms with E-state index in [4.69, 9.17) is 11.6 Å². The molecule has 0 unspecified atom stereocenters. The van der Waals surface area contributed by atoms with Crippen LogP contribution in [0.2, 0.25) is 5.15 Å². The maximum Gasteiger partial charge on any atom is 0.330 e. The van der Waals surface area contributed by atoms with Crippen LogP contribution in [-0.2, 0) is 5.54 Å². The van der Waals surface area contributed by atoms with Crippen LogP contribution in [0.15, 0.2) is 9.59 Å². The first-order valence-electron chi connectivity index (χ1n) is 4.16. The van der Waals surface area contributed by atoms with Crippen LogP contribution in [0.25, 0.3) is 0 Å². The summed E-state index contributed by atoms with van der Waals surface area (Å²) in [4.78, 5) is 24.8. The Morgan fingerprint density at radius 3 is 2.57 bits per heavy atom. The van der Waals surface area contributed by atoms with Crippen molar-refractivity contribution in [3.63, 3.8) is 0 Å². The van der Waals surface area contributed by atoms with Crippen LogP contribution >= 0.6 is 11.6 Å². The Kier molecular flexibility index (Phi) is 1.82. The van der Waals surface area contributed by atoms with E-state index in [-0.39, 0.29) is 0 Å². The quantitative estimate of drug-likeness (QED) is 0.711. The van der Waals surface area contributed by atoms with Crippen molar-refractivity contribution < 1.29 is 4.39 Å². The number of nitrogens with zero attached hydrogens (tertiary/aromatic N) is 1. The Morgan fingerprint density at radius 2 is 2.07 bits per heavy atom. The molecule has 4 nitrogen and oxygen atoms in total. The standard InChI is InChI=1S/C8H8ClFN2O2/c1-8(2-3-8)12-6(13)4(10)5(9)11-7(12)14/h2-3H2,1H3,(H,11,14). The second-order valence-electron chi connectivity index (χ2n) is 3.70. The van der Waals surface area contributed by atoms with Gasteiger partial charge in [-0.2, -0.15) is 4.39 Å². The lowest BCUT2D eigenvalue weighted by molar-refractivity contribution is 0.455. The number of rotatable bonds is 1. The average Bonchev–Trinajstić information content (AvgIpc) is 2.80. The molecule has 1 aliphatic carbocycles. The summed E-state index contributed by atoms with van der Waals surface area (Å²) in [5.74, 6) is -1.10. The van der Waals surface area contributed by atoms with Gasteiger partial charge in [-0.1, -0.05) is 11.6 Å². The fourth-order valence-electron chi connectivity index (χ4n) is 1.38. The first kappa shape index (κ1) is 9.45. The minimum absolute atomic E-state index is 0.527. The molecule has 0 spiro atoms. The molecule has 0 amide bonds. The van der Waals surface area contributed by atoms with Gasteiger partial charge in [0.25, 0.3) is 5.56 Å². The van der Waals surface area contributed by atoms with Gasteiger partial charge >= 0.3 is 5.69 Å². The Bertz CT molecular complexity index is 501. The van der Waals surface area contributed by atoms with Gasteiger partial charge in [0, 0.05) is 0 Å². The fraction of sp³-hybridized carbons (Fsp3) is 0.500. The van der Waals surface area contributed by atoms with E-state index in [0.29, 0.717) is 12.8 Å². The van der Waals surface area contributed by atoms with Gasteiger partial charge in [-0.25, -0.2) is 4.79 Å². The van der Waals surface area contributed by atoms with E-state index >= 15 is 0 Å². The van der Waals surface area contributed by atoms with E-state index in [1.807, 2.05) is 0 Å². The predicted molar refractivity (Wildman–Crippen MR) is 49.2 cm³/mol. The SMILES string of the molecule is CC1(n2c(=O)[nH]c(Cl)c(F)c2=O)CC1. The van der Waals surface area contributed by atoms with Crippen LogP contribution in [0, 0.1) is 5.82 Å². The predicted octanol–water partition coefficient (Wildman–Crippen LogP) is 0.838. The molecule has 1 fully saturated rings. The summed E-state index contributed by atoms with van der Waals surface area (Å²) >= 11 is 5.32. The zero-order valence-corrected chi connectivity index (χ0v) is 8.19. The fourth-order valence-corrected chi connectivity index (χ4v) is 1.55. The summed E-state index contributed by atoms with van der Waals surface area (Å²) in [6.07, 6.45) is 1.41. The van der Waals surface area contributed by atoms with Crippen molar-refractivity contribution in [2.75, 3.05) is 0 Å². The van der Waals surface area contributed by atoms with Gasteiger partial charge in [0.15, 0.2) is 5.15 Å². The summed E-state index contributed by atoms with van der Waals surface area (Å²) in [6, 6.07) is 0. The molecule has 0 radical (unpaired) electrons. The summed E-state index contributed by atoms with van der Waals surface area (Å²) in [5, 5.41) is -0.527. The molecule has 1 aromatic rings. The Labute approximate surface area is 83.3 Å². The summed E-state index contributed by atoms with van der Waals surface area (Å²) in [6.45, 7) is 1.73. The average molecular weight is 219 g/mol. The molecule has 2 rings (SSSR count). The molecule has 1 aliphatic rings. The molecule has 0 atom stereocenters. The van der Waals surface area contributed by atoms with Crippen molar-refractivity contribution in [1.29, 1.82) is 0 Å². The summed E-state index contributed by atoms with van der Waals surface area (Å²) in [7, 11) is 0. The molecule has 14 heavy (non-hydrogen) atoms. The molecule has 76 valence electrons. The minimum atomic E-state index is -1.10. The number of nitrogens with one attached hydrogen (secondary N) is 1. The van der Waals surface area contributed by atoms with E-state index in [2.05, 4.69) is 4.98 Å². The molecule has 6 heteroatoms. The van der Waals surface area contributed by atoms with E-state index in [1.54, 1.807) is 6.92 Å². The van der Waals surface area contributed by atoms with Gasteiger partial charge in [-0.15, -0.1) is 0 Å². The second kappa shape index (κ2) is 2.70. The van der Waals surface area contributed by atoms with E-state index < -0.39 is 27.8 Å². The zero-order chi connectivity index (χ0) is 10.5. The monoisotopic (exact) mass is 218 g/mol. The number of hydrogen-bond acceptors (Lipinski definition) is 2. The van der Waals surface area contributed by atoms with Crippen molar-refractivity contribution in [3.8, 4) is 0 Å². The number of aromatic amines is 1. The highest BCUT2D eigenvalue weighted by Gasteiger charge is 2.42. The third-order valence-corrected chi connectivity index (χ3v) is 2.78. The van der Waals surface area contributed by atoms with Crippen molar-refractivity contribution in [3.05, 3.63) is 31.8 Å². The van der Waals surface area contributed by atoms with Gasteiger partial charge in [0.05, 0.1) is 5.54 Å². The maximum atomic E-state index is 13.1. The van der Waals surface area contributed by atoms with Gasteiger partial charge < -0.3 is 0 Å². The molecule has 0 saturated heterocycles. The third-order valence-electron chi connectivity index (χ3n) is 2.52. The maximum absolute atomic E-state index is 13.1. The van der Waals surface area contributed by atoms with Crippen molar-refractivity contribution in [1.82, 2.24) is 9.55 Å². The van der Waals surface area contributed by atoms with Crippen molar-refractivity contribution in [2.24, 2.45) is 0 Å². The Morgan fingerprint density at radius 1 is 1.50 bits per heavy atom. The lowest BCUT2D eigenvalue weighted by Crippen LogP contribution is -2.42. The van der Waals surface area contributed by atoms with Crippen LogP contribution in [-0.4, -0.2) is 9.55 Å². The smallest absolute Gasteiger partial charge is 0.295 e. The number of halogens is 2. The minimum Gasteiger partial charge on any atom is -0.295 e. The van der Waals surface area contributed by atoms with Crippen LogP contribution in [0.3, 0.4) is 0 Å². The lowest BCUT2D eigenvalue weighted by atomic mass is 10.3. The summed E-state index contributed by atoms with van der Waals surface area (Å²) in [5.41, 5.74) is -2.13. The molecule has 0 bridgehead atoms. The Hall–Kier alpha value is -1.10. The van der Waals surface area contributed by atoms with Crippen LogP contribution in [0.1, 0.15) is 19.8 Å². The molecule has 1 saturated carbocycles. The van der Waals surface area contributed by atoms with E-state index in [0.717, 1.165) is 4.57 Å². The highest BCUT2D eigenvalue weighted by atomic mass is 35.5. The van der Waals surface area contributed by atoms with E-state index in [1.165, 1.54) is 0 Å². The molecule has 0 aromatic carbocycles. The highest BCUT2D eigenvalue weighted by molar-refractivity contribution is 6.29. The Balaban J connectivity index is 2.79. The molecule has 1 N–H and O–H groups in total. The molecule has 0 aliphatic heterocycles. The lowest BCUT2D eigenvalue weighted by Gasteiger charge is -2.11. The van der Waals surface area contributed by atoms with Gasteiger partial charge in [-0.3, -0.25) is 14.3 Å². The van der Waals surface area contributed by atoms with Crippen molar-refractivity contribution >= 4 is 11.6 Å². The second-order valence-corrected chi connectivity index (χ2v) is 4.07. The van der Waals surface area contributed by atoms with E-state index in [9.17, 15) is 14.0 Å². The summed E-state index contributed by atoms with van der Waals surface area (Å²) < 4.78 is 14.0. The van der Waals surface area contributed by atoms with Crippen LogP contribution < -0.4 is 11.2 Å². The normalized spacial score (nSPS) is 18.2. The van der Waals surface area contributed by atoms with Crippen molar-refractivity contribution in [2.45, 2.75) is 25.3 Å². The first-order chi connectivity index (χ1) is 6.46. The number of aromatic nitrogens is 2. The number of H-pyrrole nitrogens is 1. The molecule has 1 aromatic heterocycles. The van der Waals surface area contributed by atoms with Gasteiger partial charge in [-0.05, 0) is 19.8 Å².